The zero-order valence-electron chi connectivity index (χ0n) is 12.6. The van der Waals surface area contributed by atoms with Gasteiger partial charge in [-0.25, -0.2) is 4.99 Å². The summed E-state index contributed by atoms with van der Waals surface area (Å²) in [4.78, 5) is 28.8. The molecule has 0 spiro atoms. The molecule has 1 N–H and O–H groups in total. The summed E-state index contributed by atoms with van der Waals surface area (Å²) in [5, 5.41) is 2.05. The molecular formula is C14H15ClF3N3O2. The zero-order chi connectivity index (χ0) is 17.8. The molecular weight excluding hydrogens is 335 g/mol. The number of rotatable bonds is 4. The molecule has 23 heavy (non-hydrogen) atoms. The minimum absolute atomic E-state index is 0.227. The van der Waals surface area contributed by atoms with Gasteiger partial charge < -0.3 is 10.2 Å². The van der Waals surface area contributed by atoms with Crippen LogP contribution in [-0.4, -0.2) is 43.2 Å². The van der Waals surface area contributed by atoms with Crippen LogP contribution in [0, 0.1) is 0 Å². The molecule has 0 heterocycles. The van der Waals surface area contributed by atoms with Crippen molar-refractivity contribution < 1.29 is 22.8 Å². The van der Waals surface area contributed by atoms with E-state index in [9.17, 15) is 22.8 Å². The molecule has 5 nitrogen and oxygen atoms in total. The zero-order valence-corrected chi connectivity index (χ0v) is 13.4. The van der Waals surface area contributed by atoms with Crippen LogP contribution in [0.5, 0.6) is 0 Å². The van der Waals surface area contributed by atoms with E-state index in [1.165, 1.54) is 18.2 Å². The smallest absolute Gasteiger partial charge is 0.369 e. The molecule has 1 aromatic rings. The first kappa shape index (κ1) is 19.0. The van der Waals surface area contributed by atoms with E-state index in [1.807, 2.05) is 0 Å². The van der Waals surface area contributed by atoms with Gasteiger partial charge in [-0.15, -0.1) is 0 Å². The highest BCUT2D eigenvalue weighted by Gasteiger charge is 2.32. The second kappa shape index (κ2) is 7.45. The summed E-state index contributed by atoms with van der Waals surface area (Å²) in [5.41, 5.74) is -1.33. The van der Waals surface area contributed by atoms with Crippen LogP contribution < -0.4 is 5.32 Å². The summed E-state index contributed by atoms with van der Waals surface area (Å²) in [6.07, 6.45) is -3.37. The topological polar surface area (TPSA) is 61.8 Å². The molecule has 1 aromatic carbocycles. The fourth-order valence-corrected chi connectivity index (χ4v) is 1.75. The van der Waals surface area contributed by atoms with Crippen LogP contribution in [0.1, 0.15) is 22.8 Å². The summed E-state index contributed by atoms with van der Waals surface area (Å²) in [7, 11) is 3.31. The van der Waals surface area contributed by atoms with E-state index >= 15 is 0 Å². The predicted octanol–water partition coefficient (Wildman–Crippen LogP) is 2.59. The van der Waals surface area contributed by atoms with Gasteiger partial charge in [0.1, 0.15) is 6.04 Å². The third kappa shape index (κ3) is 5.90. The summed E-state index contributed by atoms with van der Waals surface area (Å²) >= 11 is 5.61. The summed E-state index contributed by atoms with van der Waals surface area (Å²) < 4.78 is 38.1. The van der Waals surface area contributed by atoms with E-state index in [2.05, 4.69) is 10.3 Å². The number of alkyl halides is 3. The second-order valence-electron chi connectivity index (χ2n) is 4.97. The fourth-order valence-electron chi connectivity index (χ4n) is 1.51. The maximum Gasteiger partial charge on any atom is 0.416 e. The Morgan fingerprint density at radius 3 is 2.43 bits per heavy atom. The van der Waals surface area contributed by atoms with Crippen LogP contribution in [0.3, 0.4) is 0 Å². The summed E-state index contributed by atoms with van der Waals surface area (Å²) in [5.74, 6) is -1.48. The molecule has 0 bridgehead atoms. The number of carbonyl (C=O) groups is 2. The maximum absolute atomic E-state index is 12.7. The SMILES string of the molecule is CC(NC(=O)c1cc(Cl)cc(C(F)(F)F)c1)C(=O)N=CN(C)C. The third-order valence-electron chi connectivity index (χ3n) is 2.62. The van der Waals surface area contributed by atoms with Gasteiger partial charge in [-0.3, -0.25) is 9.59 Å². The van der Waals surface area contributed by atoms with Crippen LogP contribution in [0.4, 0.5) is 13.2 Å². The average Bonchev–Trinajstić information content (AvgIpc) is 2.42. The van der Waals surface area contributed by atoms with Gasteiger partial charge >= 0.3 is 6.18 Å². The summed E-state index contributed by atoms with van der Waals surface area (Å²) in [6.45, 7) is 1.38. The van der Waals surface area contributed by atoms with Gasteiger partial charge in [0.05, 0.1) is 11.9 Å². The lowest BCUT2D eigenvalue weighted by molar-refractivity contribution is -0.137. The molecule has 0 fully saturated rings. The maximum atomic E-state index is 12.7. The Balaban J connectivity index is 2.90. The summed E-state index contributed by atoms with van der Waals surface area (Å²) in [6, 6.07) is 1.48. The Hall–Kier alpha value is -2.09. The van der Waals surface area contributed by atoms with E-state index in [-0.39, 0.29) is 10.6 Å². The second-order valence-corrected chi connectivity index (χ2v) is 5.40. The minimum Gasteiger partial charge on any atom is -0.369 e. The van der Waals surface area contributed by atoms with Crippen molar-refractivity contribution in [2.24, 2.45) is 4.99 Å². The van der Waals surface area contributed by atoms with Crippen LogP contribution in [-0.2, 0) is 11.0 Å². The molecule has 0 aromatic heterocycles. The average molecular weight is 350 g/mol. The number of carbonyl (C=O) groups excluding carboxylic acids is 2. The van der Waals surface area contributed by atoms with Crippen molar-refractivity contribution in [3.8, 4) is 0 Å². The Bertz CT molecular complexity index is 630. The Morgan fingerprint density at radius 2 is 1.91 bits per heavy atom. The molecule has 0 aliphatic rings. The Labute approximate surface area is 136 Å². The first-order valence-electron chi connectivity index (χ1n) is 6.44. The van der Waals surface area contributed by atoms with Gasteiger partial charge in [-0.2, -0.15) is 13.2 Å². The van der Waals surface area contributed by atoms with Crippen molar-refractivity contribution in [3.63, 3.8) is 0 Å². The van der Waals surface area contributed by atoms with E-state index in [0.717, 1.165) is 6.07 Å². The number of hydrogen-bond acceptors (Lipinski definition) is 2. The van der Waals surface area contributed by atoms with Gasteiger partial charge in [0, 0.05) is 24.7 Å². The van der Waals surface area contributed by atoms with E-state index < -0.39 is 29.6 Å². The molecule has 0 saturated heterocycles. The van der Waals surface area contributed by atoms with Crippen molar-refractivity contribution >= 4 is 29.8 Å². The standard InChI is InChI=1S/C14H15ClF3N3O2/c1-8(12(22)19-7-21(2)3)20-13(23)9-4-10(14(16,17)18)6-11(15)5-9/h4-8H,1-3H3,(H,20,23). The molecule has 0 aliphatic heterocycles. The lowest BCUT2D eigenvalue weighted by Gasteiger charge is -2.13. The van der Waals surface area contributed by atoms with Crippen LogP contribution >= 0.6 is 11.6 Å². The molecule has 1 unspecified atom stereocenters. The monoisotopic (exact) mass is 349 g/mol. The molecule has 2 amide bonds. The van der Waals surface area contributed by atoms with Crippen molar-refractivity contribution in [1.29, 1.82) is 0 Å². The highest BCUT2D eigenvalue weighted by atomic mass is 35.5. The molecule has 9 heteroatoms. The third-order valence-corrected chi connectivity index (χ3v) is 2.84. The molecule has 0 radical (unpaired) electrons. The highest BCUT2D eigenvalue weighted by molar-refractivity contribution is 6.31. The first-order chi connectivity index (χ1) is 10.5. The number of hydrogen-bond donors (Lipinski definition) is 1. The lowest BCUT2D eigenvalue weighted by atomic mass is 10.1. The molecule has 0 aliphatic carbocycles. The normalized spacial score (nSPS) is 13.0. The van der Waals surface area contributed by atoms with Crippen molar-refractivity contribution in [1.82, 2.24) is 10.2 Å². The van der Waals surface area contributed by atoms with Crippen molar-refractivity contribution in [3.05, 3.63) is 34.3 Å². The fraction of sp³-hybridized carbons (Fsp3) is 0.357. The van der Waals surface area contributed by atoms with E-state index in [4.69, 9.17) is 11.6 Å². The van der Waals surface area contributed by atoms with Crippen molar-refractivity contribution in [2.75, 3.05) is 14.1 Å². The Kier molecular flexibility index (Phi) is 6.14. The number of aliphatic imine (C=N–C) groups is 1. The van der Waals surface area contributed by atoms with Gasteiger partial charge in [0.15, 0.2) is 0 Å². The number of nitrogens with zero attached hydrogens (tertiary/aromatic N) is 2. The van der Waals surface area contributed by atoms with Gasteiger partial charge in [-0.1, -0.05) is 11.6 Å². The van der Waals surface area contributed by atoms with Gasteiger partial charge in [0.25, 0.3) is 11.8 Å². The molecule has 126 valence electrons. The van der Waals surface area contributed by atoms with Crippen molar-refractivity contribution in [2.45, 2.75) is 19.1 Å². The highest BCUT2D eigenvalue weighted by Crippen LogP contribution is 2.31. The number of amides is 2. The molecule has 1 rings (SSSR count). The molecule has 1 atom stereocenters. The minimum atomic E-state index is -4.63. The van der Waals surface area contributed by atoms with E-state index in [0.29, 0.717) is 12.1 Å². The number of halogens is 4. The van der Waals surface area contributed by atoms with Crippen LogP contribution in [0.25, 0.3) is 0 Å². The van der Waals surface area contributed by atoms with Gasteiger partial charge in [0.2, 0.25) is 0 Å². The largest absolute Gasteiger partial charge is 0.416 e. The lowest BCUT2D eigenvalue weighted by Crippen LogP contribution is -2.38. The predicted molar refractivity (Wildman–Crippen MR) is 80.6 cm³/mol. The van der Waals surface area contributed by atoms with Crippen LogP contribution in [0.2, 0.25) is 5.02 Å². The van der Waals surface area contributed by atoms with Crippen LogP contribution in [0.15, 0.2) is 23.2 Å². The molecule has 0 saturated carbocycles. The number of benzene rings is 1. The van der Waals surface area contributed by atoms with E-state index in [1.54, 1.807) is 14.1 Å². The first-order valence-corrected chi connectivity index (χ1v) is 6.81. The Morgan fingerprint density at radius 1 is 1.30 bits per heavy atom. The number of nitrogens with one attached hydrogen (secondary N) is 1. The van der Waals surface area contributed by atoms with Gasteiger partial charge in [-0.05, 0) is 25.1 Å². The quantitative estimate of drug-likeness (QED) is 0.671.